The number of benzene rings is 3. The number of primary sulfonamides is 1. The predicted molar refractivity (Wildman–Crippen MR) is 133 cm³/mol. The molecule has 0 spiro atoms. The van der Waals surface area contributed by atoms with Gasteiger partial charge in [-0.2, -0.15) is 0 Å². The highest BCUT2D eigenvalue weighted by atomic mass is 32.2. The van der Waals surface area contributed by atoms with E-state index in [4.69, 9.17) is 9.88 Å². The summed E-state index contributed by atoms with van der Waals surface area (Å²) in [7, 11) is -2.13. The Balaban J connectivity index is 1.43. The smallest absolute Gasteiger partial charge is 0.238 e. The van der Waals surface area contributed by atoms with Crippen LogP contribution in [0.3, 0.4) is 0 Å². The number of ether oxygens (including phenoxy) is 1. The lowest BCUT2D eigenvalue weighted by molar-refractivity contribution is -0.121. The van der Waals surface area contributed by atoms with Gasteiger partial charge >= 0.3 is 0 Å². The van der Waals surface area contributed by atoms with Gasteiger partial charge in [0, 0.05) is 29.6 Å². The first kappa shape index (κ1) is 24.4. The lowest BCUT2D eigenvalue weighted by Crippen LogP contribution is -2.25. The third-order valence-electron chi connectivity index (χ3n) is 5.84. The number of amides is 1. The number of hydrogen-bond donors (Lipinski definition) is 3. The molecule has 0 saturated heterocycles. The average molecular weight is 496 g/mol. The summed E-state index contributed by atoms with van der Waals surface area (Å²) >= 11 is 0. The molecule has 1 aromatic heterocycles. The van der Waals surface area contributed by atoms with Crippen molar-refractivity contribution in [3.63, 3.8) is 0 Å². The van der Waals surface area contributed by atoms with E-state index in [0.29, 0.717) is 19.4 Å². The molecular weight excluding hydrogens is 469 g/mol. The van der Waals surface area contributed by atoms with E-state index in [1.807, 2.05) is 24.3 Å². The second-order valence-corrected chi connectivity index (χ2v) is 9.75. The Bertz CT molecular complexity index is 1450. The molecule has 0 atom stereocenters. The molecule has 4 N–H and O–H groups in total. The van der Waals surface area contributed by atoms with Crippen molar-refractivity contribution in [2.75, 3.05) is 13.7 Å². The van der Waals surface area contributed by atoms with Crippen molar-refractivity contribution in [1.29, 1.82) is 0 Å². The number of aromatic amines is 1. The number of carbonyl (C=O) groups excluding carboxylic acids is 1. The van der Waals surface area contributed by atoms with Crippen LogP contribution in [0.5, 0.6) is 5.75 Å². The fraction of sp³-hybridized carbons (Fsp3) is 0.192. The van der Waals surface area contributed by atoms with Crippen LogP contribution in [-0.4, -0.2) is 33.0 Å². The Morgan fingerprint density at radius 3 is 2.40 bits per heavy atom. The number of nitrogens with one attached hydrogen (secondary N) is 2. The summed E-state index contributed by atoms with van der Waals surface area (Å²) in [5, 5.41) is 8.75. The molecule has 4 aromatic rings. The number of nitrogens with two attached hydrogens (primary N) is 1. The second kappa shape index (κ2) is 10.3. The lowest BCUT2D eigenvalue weighted by atomic mass is 10.0. The molecule has 0 aliphatic heterocycles. The van der Waals surface area contributed by atoms with Gasteiger partial charge in [0.1, 0.15) is 11.6 Å². The molecule has 0 unspecified atom stereocenters. The topological polar surface area (TPSA) is 114 Å². The molecule has 0 bridgehead atoms. The fourth-order valence-corrected chi connectivity index (χ4v) is 4.52. The van der Waals surface area contributed by atoms with Crippen molar-refractivity contribution in [3.8, 4) is 17.0 Å². The third-order valence-corrected chi connectivity index (χ3v) is 6.77. The van der Waals surface area contributed by atoms with E-state index < -0.39 is 10.0 Å². The van der Waals surface area contributed by atoms with Crippen LogP contribution < -0.4 is 15.2 Å². The summed E-state index contributed by atoms with van der Waals surface area (Å²) in [6, 6.07) is 18.4. The van der Waals surface area contributed by atoms with E-state index >= 15 is 0 Å². The number of fused-ring (bicyclic) bond motifs is 1. The number of rotatable bonds is 9. The molecule has 1 amide bonds. The van der Waals surface area contributed by atoms with E-state index in [1.54, 1.807) is 25.3 Å². The highest BCUT2D eigenvalue weighted by Gasteiger charge is 2.16. The quantitative estimate of drug-likeness (QED) is 0.326. The van der Waals surface area contributed by atoms with Crippen molar-refractivity contribution in [1.82, 2.24) is 10.3 Å². The average Bonchev–Trinajstić information content (AvgIpc) is 3.20. The SMILES string of the molecule is COc1ccc(-c2[nH]c3ccc(F)cc3c2CCC(=O)NCCc2ccc(S(N)(=O)=O)cc2)cc1. The van der Waals surface area contributed by atoms with E-state index in [2.05, 4.69) is 10.3 Å². The van der Waals surface area contributed by atoms with Crippen LogP contribution in [0.25, 0.3) is 22.2 Å². The number of aromatic nitrogens is 1. The molecule has 0 radical (unpaired) electrons. The van der Waals surface area contributed by atoms with Gasteiger partial charge < -0.3 is 15.0 Å². The van der Waals surface area contributed by atoms with Gasteiger partial charge in [0.05, 0.1) is 12.0 Å². The fourth-order valence-electron chi connectivity index (χ4n) is 4.00. The van der Waals surface area contributed by atoms with Gasteiger partial charge in [-0.3, -0.25) is 4.79 Å². The van der Waals surface area contributed by atoms with Crippen LogP contribution in [0.4, 0.5) is 4.39 Å². The Morgan fingerprint density at radius 1 is 1.03 bits per heavy atom. The summed E-state index contributed by atoms with van der Waals surface area (Å²) in [5.74, 6) is 0.269. The summed E-state index contributed by atoms with van der Waals surface area (Å²) in [6.45, 7) is 0.404. The zero-order chi connectivity index (χ0) is 25.0. The molecule has 9 heteroatoms. The van der Waals surface area contributed by atoms with Gasteiger partial charge in [-0.05, 0) is 84.1 Å². The Morgan fingerprint density at radius 2 is 1.74 bits per heavy atom. The number of carbonyl (C=O) groups is 1. The predicted octanol–water partition coefficient (Wildman–Crippen LogP) is 3.92. The van der Waals surface area contributed by atoms with Crippen LogP contribution in [0, 0.1) is 5.82 Å². The molecule has 3 aromatic carbocycles. The second-order valence-electron chi connectivity index (χ2n) is 8.19. The third kappa shape index (κ3) is 5.87. The molecule has 0 aliphatic rings. The standard InChI is InChI=1S/C26H26FN3O4S/c1-34-20-7-4-18(5-8-20)26-22(23-16-19(27)6-12-24(23)30-26)11-13-25(31)29-15-14-17-2-9-21(10-3-17)35(28,32)33/h2-10,12,16,30H,11,13-15H2,1H3,(H,29,31)(H2,28,32,33). The van der Waals surface area contributed by atoms with Crippen LogP contribution in [-0.2, 0) is 27.7 Å². The lowest BCUT2D eigenvalue weighted by Gasteiger charge is -2.08. The zero-order valence-corrected chi connectivity index (χ0v) is 20.0. The highest BCUT2D eigenvalue weighted by molar-refractivity contribution is 7.89. The van der Waals surface area contributed by atoms with E-state index in [1.165, 1.54) is 24.3 Å². The number of halogens is 1. The Labute approximate surface area is 203 Å². The maximum Gasteiger partial charge on any atom is 0.238 e. The summed E-state index contributed by atoms with van der Waals surface area (Å²) in [4.78, 5) is 15.9. The van der Waals surface area contributed by atoms with Gasteiger partial charge in [0.25, 0.3) is 0 Å². The first-order valence-electron chi connectivity index (χ1n) is 11.1. The normalized spacial score (nSPS) is 11.5. The maximum absolute atomic E-state index is 14.0. The van der Waals surface area contributed by atoms with Gasteiger partial charge in [0.15, 0.2) is 0 Å². The van der Waals surface area contributed by atoms with E-state index in [-0.39, 0.29) is 23.0 Å². The molecule has 0 saturated carbocycles. The summed E-state index contributed by atoms with van der Waals surface area (Å²) < 4.78 is 41.9. The number of aryl methyl sites for hydroxylation is 1. The molecular formula is C26H26FN3O4S. The Hall–Kier alpha value is -3.69. The Kier molecular flexibility index (Phi) is 7.18. The minimum Gasteiger partial charge on any atom is -0.497 e. The van der Waals surface area contributed by atoms with Gasteiger partial charge in [-0.25, -0.2) is 17.9 Å². The summed E-state index contributed by atoms with van der Waals surface area (Å²) in [5.41, 5.74) is 4.32. The van der Waals surface area contributed by atoms with Crippen LogP contribution in [0.15, 0.2) is 71.6 Å². The van der Waals surface area contributed by atoms with Crippen LogP contribution in [0.1, 0.15) is 17.5 Å². The number of hydrogen-bond acceptors (Lipinski definition) is 4. The molecule has 0 aliphatic carbocycles. The molecule has 0 fully saturated rings. The molecule has 1 heterocycles. The van der Waals surface area contributed by atoms with Crippen molar-refractivity contribution >= 4 is 26.8 Å². The first-order valence-corrected chi connectivity index (χ1v) is 12.6. The largest absolute Gasteiger partial charge is 0.497 e. The van der Waals surface area contributed by atoms with E-state index in [9.17, 15) is 17.6 Å². The van der Waals surface area contributed by atoms with Crippen molar-refractivity contribution < 1.29 is 22.3 Å². The van der Waals surface area contributed by atoms with Gasteiger partial charge in [0.2, 0.25) is 15.9 Å². The highest BCUT2D eigenvalue weighted by Crippen LogP contribution is 2.32. The minimum absolute atomic E-state index is 0.0492. The van der Waals surface area contributed by atoms with Crippen LogP contribution in [0.2, 0.25) is 0 Å². The van der Waals surface area contributed by atoms with Crippen molar-refractivity contribution in [3.05, 3.63) is 83.7 Å². The van der Waals surface area contributed by atoms with E-state index in [0.717, 1.165) is 39.0 Å². The molecule has 4 rings (SSSR count). The number of methoxy groups -OCH3 is 1. The minimum atomic E-state index is -3.73. The molecule has 35 heavy (non-hydrogen) atoms. The monoisotopic (exact) mass is 495 g/mol. The molecule has 182 valence electrons. The maximum atomic E-state index is 14.0. The van der Waals surface area contributed by atoms with Crippen LogP contribution >= 0.6 is 0 Å². The number of sulfonamides is 1. The summed E-state index contributed by atoms with van der Waals surface area (Å²) in [6.07, 6.45) is 1.21. The van der Waals surface area contributed by atoms with Crippen molar-refractivity contribution in [2.24, 2.45) is 5.14 Å². The van der Waals surface area contributed by atoms with Crippen molar-refractivity contribution in [2.45, 2.75) is 24.2 Å². The zero-order valence-electron chi connectivity index (χ0n) is 19.2. The number of H-pyrrole nitrogens is 1. The van der Waals surface area contributed by atoms with Gasteiger partial charge in [-0.1, -0.05) is 12.1 Å². The first-order chi connectivity index (χ1) is 16.7. The molecule has 7 nitrogen and oxygen atoms in total. The van der Waals surface area contributed by atoms with Gasteiger partial charge in [-0.15, -0.1) is 0 Å².